The molecule has 9 heteroatoms. The van der Waals surface area contributed by atoms with Crippen molar-refractivity contribution in [2.45, 2.75) is 26.6 Å². The van der Waals surface area contributed by atoms with E-state index in [9.17, 15) is 8.78 Å². The molecule has 0 bridgehead atoms. The van der Waals surface area contributed by atoms with E-state index in [0.717, 1.165) is 11.3 Å². The van der Waals surface area contributed by atoms with Crippen molar-refractivity contribution in [3.05, 3.63) is 78.4 Å². The highest BCUT2D eigenvalue weighted by Crippen LogP contribution is 2.21. The maximum Gasteiger partial charge on any atom is 0.387 e. The number of hydrogen-bond acceptors (Lipinski definition) is 3. The standard InChI is InChI=1S/C21H23F2N5O.HI/c1-2-25-21(27-14-17-8-4-6-10-19(17)29-20(22)23)26-13-16-7-3-5-9-18(16)28-12-11-24-15-28;/h3-12,15,20H,2,13-14H2,1H3,(H2,25,26,27);1H. The van der Waals surface area contributed by atoms with Crippen LogP contribution in [0.2, 0.25) is 0 Å². The van der Waals surface area contributed by atoms with E-state index in [2.05, 4.69) is 25.3 Å². The third kappa shape index (κ3) is 6.68. The predicted octanol–water partition coefficient (Wildman–Crippen LogP) is 4.35. The Labute approximate surface area is 191 Å². The maximum atomic E-state index is 12.6. The van der Waals surface area contributed by atoms with E-state index in [1.807, 2.05) is 42.0 Å². The summed E-state index contributed by atoms with van der Waals surface area (Å²) in [6.45, 7) is 0.511. The highest BCUT2D eigenvalue weighted by molar-refractivity contribution is 14.0. The molecule has 0 fully saturated rings. The summed E-state index contributed by atoms with van der Waals surface area (Å²) in [6.07, 6.45) is 5.37. The molecule has 0 aliphatic rings. The fourth-order valence-corrected chi connectivity index (χ4v) is 2.84. The first-order valence-electron chi connectivity index (χ1n) is 9.28. The average Bonchev–Trinajstić information content (AvgIpc) is 3.25. The quantitative estimate of drug-likeness (QED) is 0.260. The largest absolute Gasteiger partial charge is 0.434 e. The van der Waals surface area contributed by atoms with E-state index in [1.165, 1.54) is 6.07 Å². The second kappa shape index (κ2) is 12.1. The summed E-state index contributed by atoms with van der Waals surface area (Å²) < 4.78 is 31.7. The number of benzene rings is 2. The lowest BCUT2D eigenvalue weighted by Crippen LogP contribution is -2.37. The topological polar surface area (TPSA) is 63.5 Å². The maximum absolute atomic E-state index is 12.6. The van der Waals surface area contributed by atoms with Gasteiger partial charge in [0.1, 0.15) is 5.75 Å². The molecule has 0 radical (unpaired) electrons. The molecule has 0 spiro atoms. The molecule has 0 aliphatic heterocycles. The number of para-hydroxylation sites is 2. The summed E-state index contributed by atoms with van der Waals surface area (Å²) in [5.41, 5.74) is 2.67. The van der Waals surface area contributed by atoms with Crippen LogP contribution in [0.3, 0.4) is 0 Å². The fraction of sp³-hybridized carbons (Fsp3) is 0.238. The summed E-state index contributed by atoms with van der Waals surface area (Å²) in [6, 6.07) is 14.6. The molecule has 1 heterocycles. The third-order valence-corrected chi connectivity index (χ3v) is 4.16. The number of nitrogens with one attached hydrogen (secondary N) is 2. The van der Waals surface area contributed by atoms with Crippen LogP contribution in [0, 0.1) is 0 Å². The Morgan fingerprint density at radius 3 is 2.53 bits per heavy atom. The average molecular weight is 527 g/mol. The van der Waals surface area contributed by atoms with Crippen LogP contribution in [0.4, 0.5) is 8.78 Å². The third-order valence-electron chi connectivity index (χ3n) is 4.16. The normalized spacial score (nSPS) is 11.1. The van der Waals surface area contributed by atoms with Crippen LogP contribution in [0.25, 0.3) is 5.69 Å². The predicted molar refractivity (Wildman–Crippen MR) is 124 cm³/mol. The van der Waals surface area contributed by atoms with Crippen molar-refractivity contribution in [3.8, 4) is 11.4 Å². The molecular formula is C21H24F2IN5O. The van der Waals surface area contributed by atoms with Gasteiger partial charge in [-0.3, -0.25) is 0 Å². The number of hydrogen-bond donors (Lipinski definition) is 2. The van der Waals surface area contributed by atoms with Crippen molar-refractivity contribution in [1.29, 1.82) is 0 Å². The summed E-state index contributed by atoms with van der Waals surface area (Å²) in [5, 5.41) is 6.45. The van der Waals surface area contributed by atoms with Crippen LogP contribution < -0.4 is 15.4 Å². The van der Waals surface area contributed by atoms with Crippen LogP contribution >= 0.6 is 24.0 Å². The zero-order valence-corrected chi connectivity index (χ0v) is 18.8. The molecule has 30 heavy (non-hydrogen) atoms. The monoisotopic (exact) mass is 527 g/mol. The Morgan fingerprint density at radius 2 is 1.83 bits per heavy atom. The summed E-state index contributed by atoms with van der Waals surface area (Å²) in [7, 11) is 0. The molecule has 3 aromatic rings. The molecule has 0 saturated carbocycles. The van der Waals surface area contributed by atoms with E-state index in [0.29, 0.717) is 24.6 Å². The van der Waals surface area contributed by atoms with Crippen LogP contribution in [-0.2, 0) is 13.1 Å². The zero-order valence-electron chi connectivity index (χ0n) is 16.5. The van der Waals surface area contributed by atoms with E-state index in [4.69, 9.17) is 0 Å². The van der Waals surface area contributed by atoms with Crippen molar-refractivity contribution in [3.63, 3.8) is 0 Å². The van der Waals surface area contributed by atoms with E-state index in [1.54, 1.807) is 30.7 Å². The van der Waals surface area contributed by atoms with Gasteiger partial charge in [0.2, 0.25) is 0 Å². The number of aromatic nitrogens is 2. The van der Waals surface area contributed by atoms with Gasteiger partial charge in [0, 0.05) is 31.0 Å². The van der Waals surface area contributed by atoms with Gasteiger partial charge in [-0.1, -0.05) is 36.4 Å². The summed E-state index contributed by atoms with van der Waals surface area (Å²) in [4.78, 5) is 8.61. The molecule has 160 valence electrons. The number of halogens is 3. The smallest absolute Gasteiger partial charge is 0.387 e. The highest BCUT2D eigenvalue weighted by Gasteiger charge is 2.09. The molecule has 6 nitrogen and oxygen atoms in total. The minimum atomic E-state index is -2.87. The molecule has 0 unspecified atom stereocenters. The van der Waals surface area contributed by atoms with Gasteiger partial charge in [-0.15, -0.1) is 24.0 Å². The van der Waals surface area contributed by atoms with Crippen molar-refractivity contribution >= 4 is 29.9 Å². The van der Waals surface area contributed by atoms with Gasteiger partial charge >= 0.3 is 6.61 Å². The number of rotatable bonds is 8. The first-order chi connectivity index (χ1) is 14.2. The minimum absolute atomic E-state index is 0. The summed E-state index contributed by atoms with van der Waals surface area (Å²) >= 11 is 0. The van der Waals surface area contributed by atoms with Crippen molar-refractivity contribution in [2.75, 3.05) is 6.54 Å². The number of imidazole rings is 1. The number of alkyl halides is 2. The number of aliphatic imine (C=N–C) groups is 1. The fourth-order valence-electron chi connectivity index (χ4n) is 2.84. The van der Waals surface area contributed by atoms with E-state index in [-0.39, 0.29) is 36.3 Å². The van der Waals surface area contributed by atoms with Gasteiger partial charge in [-0.25, -0.2) is 9.98 Å². The van der Waals surface area contributed by atoms with Gasteiger partial charge in [0.15, 0.2) is 5.96 Å². The van der Waals surface area contributed by atoms with Crippen LogP contribution in [-0.4, -0.2) is 28.7 Å². The second-order valence-corrected chi connectivity index (χ2v) is 6.13. The Bertz CT molecular complexity index is 935. The van der Waals surface area contributed by atoms with E-state index >= 15 is 0 Å². The molecule has 0 atom stereocenters. The van der Waals surface area contributed by atoms with Crippen molar-refractivity contribution < 1.29 is 13.5 Å². The Morgan fingerprint density at radius 1 is 1.10 bits per heavy atom. The lowest BCUT2D eigenvalue weighted by molar-refractivity contribution is -0.0504. The van der Waals surface area contributed by atoms with Crippen LogP contribution in [0.1, 0.15) is 18.1 Å². The van der Waals surface area contributed by atoms with Gasteiger partial charge < -0.3 is 19.9 Å². The Hall–Kier alpha value is -2.69. The second-order valence-electron chi connectivity index (χ2n) is 6.13. The molecule has 0 amide bonds. The Balaban J connectivity index is 0.00000320. The SMILES string of the molecule is CCNC(=NCc1ccccc1OC(F)F)NCc1ccccc1-n1ccnc1.I. The van der Waals surface area contributed by atoms with Gasteiger partial charge in [-0.05, 0) is 24.6 Å². The molecule has 2 aromatic carbocycles. The Kier molecular flexibility index (Phi) is 9.52. The number of guanidine groups is 1. The highest BCUT2D eigenvalue weighted by atomic mass is 127. The first-order valence-corrected chi connectivity index (χ1v) is 9.28. The molecule has 3 rings (SSSR count). The molecule has 2 N–H and O–H groups in total. The van der Waals surface area contributed by atoms with Gasteiger partial charge in [0.05, 0.1) is 18.6 Å². The number of nitrogens with zero attached hydrogens (tertiary/aromatic N) is 3. The first kappa shape index (κ1) is 23.6. The van der Waals surface area contributed by atoms with Crippen molar-refractivity contribution in [2.24, 2.45) is 4.99 Å². The molecule has 0 saturated heterocycles. The van der Waals surface area contributed by atoms with Gasteiger partial charge in [-0.2, -0.15) is 8.78 Å². The summed E-state index contributed by atoms with van der Waals surface area (Å²) in [5.74, 6) is 0.715. The van der Waals surface area contributed by atoms with Crippen LogP contribution in [0.15, 0.2) is 72.2 Å². The lowest BCUT2D eigenvalue weighted by atomic mass is 10.1. The van der Waals surface area contributed by atoms with E-state index < -0.39 is 6.61 Å². The molecule has 1 aromatic heterocycles. The zero-order chi connectivity index (χ0) is 20.5. The minimum Gasteiger partial charge on any atom is -0.434 e. The lowest BCUT2D eigenvalue weighted by Gasteiger charge is -2.15. The number of ether oxygens (including phenoxy) is 1. The molecular weight excluding hydrogens is 503 g/mol. The van der Waals surface area contributed by atoms with Crippen molar-refractivity contribution in [1.82, 2.24) is 20.2 Å². The van der Waals surface area contributed by atoms with Crippen LogP contribution in [0.5, 0.6) is 5.75 Å². The van der Waals surface area contributed by atoms with Gasteiger partial charge in [0.25, 0.3) is 0 Å². The molecule has 0 aliphatic carbocycles.